The van der Waals surface area contributed by atoms with E-state index in [1.807, 2.05) is 16.7 Å². The number of amides is 2. The second kappa shape index (κ2) is 6.15. The van der Waals surface area contributed by atoms with E-state index in [1.165, 1.54) is 10.9 Å². The van der Waals surface area contributed by atoms with Gasteiger partial charge < -0.3 is 14.8 Å². The molecule has 2 bridgehead atoms. The maximum Gasteiger partial charge on any atom is 0.270 e. The zero-order valence-corrected chi connectivity index (χ0v) is 16.1. The second-order valence-corrected chi connectivity index (χ2v) is 8.05. The predicted octanol–water partition coefficient (Wildman–Crippen LogP) is 3.18. The maximum atomic E-state index is 13.4. The number of fused-ring (bicyclic) bond motifs is 5. The van der Waals surface area contributed by atoms with Crippen molar-refractivity contribution in [3.63, 3.8) is 0 Å². The molecule has 1 N–H and O–H groups in total. The smallest absolute Gasteiger partial charge is 0.270 e. The number of aryl methyl sites for hydroxylation is 3. The van der Waals surface area contributed by atoms with E-state index in [0.717, 1.165) is 42.6 Å². The summed E-state index contributed by atoms with van der Waals surface area (Å²) in [5.74, 6) is 0.580. The van der Waals surface area contributed by atoms with E-state index < -0.39 is 0 Å². The number of aromatic nitrogens is 1. The zero-order valence-electron chi connectivity index (χ0n) is 16.1. The Bertz CT molecular complexity index is 898. The quantitative estimate of drug-likeness (QED) is 0.856. The fourth-order valence-electron chi connectivity index (χ4n) is 4.74. The Hall–Kier alpha value is -2.30. The Kier molecular flexibility index (Phi) is 4.05. The second-order valence-electron chi connectivity index (χ2n) is 8.05. The topological polar surface area (TPSA) is 56.4 Å². The number of nitrogens with zero attached hydrogens (tertiary/aromatic N) is 2. The van der Waals surface area contributed by atoms with E-state index in [1.54, 1.807) is 6.92 Å². The molecule has 3 aliphatic heterocycles. The van der Waals surface area contributed by atoms with Gasteiger partial charge in [0.1, 0.15) is 5.69 Å². The molecule has 0 unspecified atom stereocenters. The molecule has 3 aliphatic rings. The van der Waals surface area contributed by atoms with Crippen molar-refractivity contribution >= 4 is 22.7 Å². The van der Waals surface area contributed by atoms with E-state index in [2.05, 4.69) is 31.0 Å². The van der Waals surface area contributed by atoms with Crippen molar-refractivity contribution in [2.45, 2.75) is 46.6 Å². The highest BCUT2D eigenvalue weighted by molar-refractivity contribution is 6.02. The van der Waals surface area contributed by atoms with Gasteiger partial charge in [0.25, 0.3) is 5.91 Å². The zero-order chi connectivity index (χ0) is 18.6. The molecule has 2 atom stereocenters. The van der Waals surface area contributed by atoms with Gasteiger partial charge in [-0.15, -0.1) is 0 Å². The van der Waals surface area contributed by atoms with E-state index >= 15 is 0 Å². The van der Waals surface area contributed by atoms with Gasteiger partial charge in [-0.25, -0.2) is 0 Å². The molecule has 0 aliphatic carbocycles. The molecule has 138 valence electrons. The minimum Gasteiger partial charge on any atom is -0.350 e. The van der Waals surface area contributed by atoms with Gasteiger partial charge in [0.2, 0.25) is 5.91 Å². The van der Waals surface area contributed by atoms with Gasteiger partial charge in [0, 0.05) is 43.5 Å². The standard InChI is InChI=1S/C21H27N3O2/c1-12-5-6-13(2)19-18(12)14(3)20(22-19)21(26)24-10-16-7-8-17(24)11-23(9-16)15(4)25/h5-6,16-17,22H,7-11H2,1-4H3/t16-,17+/m0/s1. The Morgan fingerprint density at radius 3 is 2.46 bits per heavy atom. The Balaban J connectivity index is 1.71. The van der Waals surface area contributed by atoms with Gasteiger partial charge in [-0.1, -0.05) is 12.1 Å². The molecule has 0 spiro atoms. The molecule has 2 aromatic rings. The van der Waals surface area contributed by atoms with E-state index in [-0.39, 0.29) is 17.9 Å². The van der Waals surface area contributed by atoms with Crippen molar-refractivity contribution in [1.29, 1.82) is 0 Å². The van der Waals surface area contributed by atoms with Crippen molar-refractivity contribution < 1.29 is 9.59 Å². The number of piperidine rings is 1. The monoisotopic (exact) mass is 353 g/mol. The van der Waals surface area contributed by atoms with Crippen molar-refractivity contribution in [2.24, 2.45) is 5.92 Å². The van der Waals surface area contributed by atoms with E-state index in [9.17, 15) is 9.59 Å². The summed E-state index contributed by atoms with van der Waals surface area (Å²) in [5, 5.41) is 1.17. The minimum absolute atomic E-state index is 0.0811. The highest BCUT2D eigenvalue weighted by Gasteiger charge is 2.39. The summed E-state index contributed by atoms with van der Waals surface area (Å²) in [6.45, 7) is 10.0. The summed E-state index contributed by atoms with van der Waals surface area (Å²) in [5.41, 5.74) is 5.16. The van der Waals surface area contributed by atoms with Gasteiger partial charge in [-0.05, 0) is 56.2 Å². The van der Waals surface area contributed by atoms with E-state index in [0.29, 0.717) is 18.2 Å². The molecule has 0 radical (unpaired) electrons. The largest absolute Gasteiger partial charge is 0.350 e. The summed E-state index contributed by atoms with van der Waals surface area (Å²) >= 11 is 0. The third kappa shape index (κ3) is 2.61. The average molecular weight is 353 g/mol. The van der Waals surface area contributed by atoms with Crippen molar-refractivity contribution in [2.75, 3.05) is 19.6 Å². The molecule has 1 aromatic carbocycles. The van der Waals surface area contributed by atoms with Crippen LogP contribution in [0.25, 0.3) is 10.9 Å². The molecule has 5 rings (SSSR count). The normalized spacial score (nSPS) is 22.8. The third-order valence-corrected chi connectivity index (χ3v) is 6.26. The minimum atomic E-state index is 0.0811. The van der Waals surface area contributed by atoms with E-state index in [4.69, 9.17) is 0 Å². The van der Waals surface area contributed by atoms with Crippen LogP contribution in [0.1, 0.15) is 46.9 Å². The number of nitrogens with one attached hydrogen (secondary N) is 1. The number of H-pyrrole nitrogens is 1. The fourth-order valence-corrected chi connectivity index (χ4v) is 4.74. The van der Waals surface area contributed by atoms with Gasteiger partial charge in [0.15, 0.2) is 0 Å². The predicted molar refractivity (Wildman–Crippen MR) is 102 cm³/mol. The van der Waals surface area contributed by atoms with Crippen LogP contribution in [0.3, 0.4) is 0 Å². The van der Waals surface area contributed by atoms with Crippen LogP contribution in [0, 0.1) is 26.7 Å². The molecule has 5 heteroatoms. The molecule has 26 heavy (non-hydrogen) atoms. The number of carbonyl (C=O) groups is 2. The summed E-state index contributed by atoms with van der Waals surface area (Å²) in [4.78, 5) is 32.6. The molecular formula is C21H27N3O2. The number of carbonyl (C=O) groups excluding carboxylic acids is 2. The molecule has 1 aromatic heterocycles. The molecule has 4 heterocycles. The molecular weight excluding hydrogens is 326 g/mol. The maximum absolute atomic E-state index is 13.4. The first-order valence-electron chi connectivity index (χ1n) is 9.51. The molecule has 5 nitrogen and oxygen atoms in total. The lowest BCUT2D eigenvalue weighted by Crippen LogP contribution is -2.47. The number of benzene rings is 1. The van der Waals surface area contributed by atoms with Gasteiger partial charge in [-0.3, -0.25) is 9.59 Å². The van der Waals surface area contributed by atoms with Gasteiger partial charge in [-0.2, -0.15) is 0 Å². The van der Waals surface area contributed by atoms with Crippen LogP contribution in [0.15, 0.2) is 12.1 Å². The van der Waals surface area contributed by atoms with Crippen molar-refractivity contribution in [1.82, 2.24) is 14.8 Å². The first kappa shape index (κ1) is 17.1. The van der Waals surface area contributed by atoms with Crippen LogP contribution in [-0.2, 0) is 4.79 Å². The van der Waals surface area contributed by atoms with Crippen molar-refractivity contribution in [3.8, 4) is 0 Å². The molecule has 2 amide bonds. The van der Waals surface area contributed by atoms with Gasteiger partial charge >= 0.3 is 0 Å². The Labute approximate surface area is 154 Å². The summed E-state index contributed by atoms with van der Waals surface area (Å²) < 4.78 is 0. The van der Waals surface area contributed by atoms with Crippen LogP contribution < -0.4 is 0 Å². The van der Waals surface area contributed by atoms with Crippen LogP contribution >= 0.6 is 0 Å². The lowest BCUT2D eigenvalue weighted by molar-refractivity contribution is -0.129. The van der Waals surface area contributed by atoms with Gasteiger partial charge in [0.05, 0.1) is 0 Å². The third-order valence-electron chi connectivity index (χ3n) is 6.26. The molecule has 3 fully saturated rings. The van der Waals surface area contributed by atoms with Crippen molar-refractivity contribution in [3.05, 3.63) is 34.5 Å². The molecule has 3 saturated heterocycles. The Morgan fingerprint density at radius 1 is 1.04 bits per heavy atom. The first-order chi connectivity index (χ1) is 12.4. The molecule has 0 saturated carbocycles. The highest BCUT2D eigenvalue weighted by atomic mass is 16.2. The lowest BCUT2D eigenvalue weighted by Gasteiger charge is -2.36. The average Bonchev–Trinajstić information content (AvgIpc) is 2.76. The summed E-state index contributed by atoms with van der Waals surface area (Å²) in [6, 6.07) is 4.34. The SMILES string of the molecule is CC(=O)N1C[C@@H]2CC[C@H](C1)N(C(=O)c1[nH]c3c(C)ccc(C)c3c1C)C2. The Morgan fingerprint density at radius 2 is 1.77 bits per heavy atom. The fraction of sp³-hybridized carbons (Fsp3) is 0.524. The number of hydrogen-bond donors (Lipinski definition) is 1. The van der Waals surface area contributed by atoms with Crippen LogP contribution in [0.4, 0.5) is 0 Å². The van der Waals surface area contributed by atoms with Crippen LogP contribution in [-0.4, -0.2) is 52.3 Å². The highest BCUT2D eigenvalue weighted by Crippen LogP contribution is 2.32. The summed E-state index contributed by atoms with van der Waals surface area (Å²) in [7, 11) is 0. The number of hydrogen-bond acceptors (Lipinski definition) is 2. The van der Waals surface area contributed by atoms with Crippen LogP contribution in [0.5, 0.6) is 0 Å². The lowest BCUT2D eigenvalue weighted by atomic mass is 9.94. The number of aromatic amines is 1. The first-order valence-corrected chi connectivity index (χ1v) is 9.51. The van der Waals surface area contributed by atoms with Crippen LogP contribution in [0.2, 0.25) is 0 Å². The summed E-state index contributed by atoms with van der Waals surface area (Å²) in [6.07, 6.45) is 2.08. The number of rotatable bonds is 1.